The Morgan fingerprint density at radius 1 is 1.62 bits per heavy atom. The molecule has 2 heteroatoms. The molecular formula is C6H11NO. The van der Waals surface area contributed by atoms with E-state index in [4.69, 9.17) is 5.73 Å². The van der Waals surface area contributed by atoms with Gasteiger partial charge in [-0.25, -0.2) is 0 Å². The second kappa shape index (κ2) is 4.37. The number of carbonyl (C=O) groups is 1. The molecule has 0 aromatic heterocycles. The van der Waals surface area contributed by atoms with Gasteiger partial charge in [-0.05, 0) is 6.42 Å². The van der Waals surface area contributed by atoms with Crippen molar-refractivity contribution in [3.8, 4) is 0 Å². The third-order valence-corrected chi connectivity index (χ3v) is 0.721. The summed E-state index contributed by atoms with van der Waals surface area (Å²) in [5.41, 5.74) is 4.84. The van der Waals surface area contributed by atoms with Crippen LogP contribution in [0.25, 0.3) is 0 Å². The maximum Gasteiger partial charge on any atom is 0.221 e. The molecule has 0 bridgehead atoms. The molecule has 8 heavy (non-hydrogen) atoms. The van der Waals surface area contributed by atoms with Gasteiger partial charge in [0.05, 0.1) is 0 Å². The van der Waals surface area contributed by atoms with Crippen LogP contribution in [-0.2, 0) is 4.79 Å². The molecule has 2 N–H and O–H groups in total. The molecule has 2 nitrogen and oxygen atoms in total. The number of rotatable bonds is 3. The highest BCUT2D eigenvalue weighted by Gasteiger charge is 1.83. The number of carbonyl (C=O) groups excluding carboxylic acids is 1. The highest BCUT2D eigenvalue weighted by atomic mass is 16.1. The number of hydrogen-bond acceptors (Lipinski definition) is 1. The highest BCUT2D eigenvalue weighted by molar-refractivity contribution is 5.75. The van der Waals surface area contributed by atoms with Crippen molar-refractivity contribution >= 4 is 5.91 Å². The topological polar surface area (TPSA) is 43.1 Å². The zero-order valence-electron chi connectivity index (χ0n) is 5.05. The molecular weight excluding hydrogens is 102 g/mol. The van der Waals surface area contributed by atoms with Crippen LogP contribution in [0.4, 0.5) is 0 Å². The van der Waals surface area contributed by atoms with Crippen LogP contribution in [0, 0.1) is 0 Å². The van der Waals surface area contributed by atoms with Crippen molar-refractivity contribution in [2.24, 2.45) is 5.73 Å². The Labute approximate surface area is 49.4 Å². The lowest BCUT2D eigenvalue weighted by Crippen LogP contribution is -2.07. The van der Waals surface area contributed by atoms with Crippen LogP contribution in [0.1, 0.15) is 19.8 Å². The monoisotopic (exact) mass is 113 g/mol. The first kappa shape index (κ1) is 7.21. The van der Waals surface area contributed by atoms with Gasteiger partial charge < -0.3 is 5.73 Å². The van der Waals surface area contributed by atoms with E-state index in [0.717, 1.165) is 6.42 Å². The maximum absolute atomic E-state index is 10.0. The minimum absolute atomic E-state index is 0.269. The molecule has 0 atom stereocenters. The van der Waals surface area contributed by atoms with E-state index in [9.17, 15) is 4.79 Å². The summed E-state index contributed by atoms with van der Waals surface area (Å²) in [6.07, 6.45) is 5.04. The van der Waals surface area contributed by atoms with Crippen molar-refractivity contribution in [1.82, 2.24) is 0 Å². The molecule has 0 aromatic rings. The first-order valence-corrected chi connectivity index (χ1v) is 2.70. The van der Waals surface area contributed by atoms with Crippen LogP contribution < -0.4 is 5.73 Å². The van der Waals surface area contributed by atoms with Crippen molar-refractivity contribution in [3.05, 3.63) is 12.2 Å². The van der Waals surface area contributed by atoms with E-state index in [2.05, 4.69) is 0 Å². The molecule has 1 amide bonds. The Morgan fingerprint density at radius 2 is 2.25 bits per heavy atom. The summed E-state index contributed by atoms with van der Waals surface area (Å²) in [5.74, 6) is -0.269. The molecule has 0 aliphatic heterocycles. The van der Waals surface area contributed by atoms with Crippen LogP contribution in [0.5, 0.6) is 0 Å². The lowest BCUT2D eigenvalue weighted by Gasteiger charge is -1.81. The number of primary amides is 1. The van der Waals surface area contributed by atoms with E-state index in [-0.39, 0.29) is 5.91 Å². The summed E-state index contributed by atoms with van der Waals surface area (Å²) >= 11 is 0. The predicted octanol–water partition coefficient (Wildman–Crippen LogP) is 0.828. The van der Waals surface area contributed by atoms with Gasteiger partial charge >= 0.3 is 0 Å². The van der Waals surface area contributed by atoms with E-state index < -0.39 is 0 Å². The Hall–Kier alpha value is -0.790. The van der Waals surface area contributed by atoms with E-state index >= 15 is 0 Å². The quantitative estimate of drug-likeness (QED) is 0.541. The second-order valence-electron chi connectivity index (χ2n) is 1.55. The minimum Gasteiger partial charge on any atom is -0.369 e. The smallest absolute Gasteiger partial charge is 0.221 e. The van der Waals surface area contributed by atoms with Crippen molar-refractivity contribution in [3.63, 3.8) is 0 Å². The third kappa shape index (κ3) is 5.21. The van der Waals surface area contributed by atoms with Gasteiger partial charge in [-0.1, -0.05) is 19.1 Å². The number of hydrogen-bond donors (Lipinski definition) is 1. The summed E-state index contributed by atoms with van der Waals surface area (Å²) < 4.78 is 0. The van der Waals surface area contributed by atoms with Gasteiger partial charge in [0.2, 0.25) is 5.91 Å². The largest absolute Gasteiger partial charge is 0.369 e. The number of allylic oxidation sites excluding steroid dienone is 1. The third-order valence-electron chi connectivity index (χ3n) is 0.721. The van der Waals surface area contributed by atoms with Gasteiger partial charge in [-0.3, -0.25) is 4.79 Å². The van der Waals surface area contributed by atoms with Gasteiger partial charge in [0, 0.05) is 6.42 Å². The van der Waals surface area contributed by atoms with Crippen LogP contribution >= 0.6 is 0 Å². The van der Waals surface area contributed by atoms with Gasteiger partial charge in [0.25, 0.3) is 0 Å². The first-order valence-electron chi connectivity index (χ1n) is 2.70. The van der Waals surface area contributed by atoms with Crippen LogP contribution in [0.3, 0.4) is 0 Å². The Balaban J connectivity index is 3.16. The fourth-order valence-corrected chi connectivity index (χ4v) is 0.366. The molecule has 46 valence electrons. The molecule has 0 aromatic carbocycles. The van der Waals surface area contributed by atoms with E-state index in [0.29, 0.717) is 6.42 Å². The predicted molar refractivity (Wildman–Crippen MR) is 33.2 cm³/mol. The van der Waals surface area contributed by atoms with Gasteiger partial charge in [-0.15, -0.1) is 0 Å². The standard InChI is InChI=1S/C6H11NO/c1-2-3-4-5-6(7)8/h3-4H,2,5H2,1H3,(H2,7,8)/b4-3-. The Morgan fingerprint density at radius 3 is 2.62 bits per heavy atom. The van der Waals surface area contributed by atoms with Gasteiger partial charge in [0.15, 0.2) is 0 Å². The SMILES string of the molecule is CC/C=C\CC(N)=O. The molecule has 0 rings (SSSR count). The summed E-state index contributed by atoms with van der Waals surface area (Å²) in [6.45, 7) is 2.01. The van der Waals surface area contributed by atoms with Crippen molar-refractivity contribution in [1.29, 1.82) is 0 Å². The molecule has 0 saturated heterocycles. The Bertz CT molecular complexity index is 96.7. The van der Waals surface area contributed by atoms with Crippen molar-refractivity contribution in [2.45, 2.75) is 19.8 Å². The van der Waals surface area contributed by atoms with Gasteiger partial charge in [-0.2, -0.15) is 0 Å². The average Bonchev–Trinajstić information content (AvgIpc) is 1.66. The molecule has 0 spiro atoms. The Kier molecular flexibility index (Phi) is 3.94. The van der Waals surface area contributed by atoms with E-state index in [1.165, 1.54) is 0 Å². The van der Waals surface area contributed by atoms with E-state index in [1.807, 2.05) is 13.0 Å². The second-order valence-corrected chi connectivity index (χ2v) is 1.55. The molecule has 0 unspecified atom stereocenters. The molecule has 0 radical (unpaired) electrons. The zero-order chi connectivity index (χ0) is 6.41. The summed E-state index contributed by atoms with van der Waals surface area (Å²) in [4.78, 5) is 10.0. The van der Waals surface area contributed by atoms with Crippen LogP contribution in [-0.4, -0.2) is 5.91 Å². The lowest BCUT2D eigenvalue weighted by molar-refractivity contribution is -0.117. The number of amides is 1. The minimum atomic E-state index is -0.269. The van der Waals surface area contributed by atoms with Crippen molar-refractivity contribution < 1.29 is 4.79 Å². The van der Waals surface area contributed by atoms with E-state index in [1.54, 1.807) is 6.08 Å². The first-order chi connectivity index (χ1) is 3.77. The highest BCUT2D eigenvalue weighted by Crippen LogP contribution is 1.83. The molecule has 0 aliphatic carbocycles. The van der Waals surface area contributed by atoms with Crippen molar-refractivity contribution in [2.75, 3.05) is 0 Å². The fraction of sp³-hybridized carbons (Fsp3) is 0.500. The van der Waals surface area contributed by atoms with Crippen LogP contribution in [0.2, 0.25) is 0 Å². The molecule has 0 heterocycles. The summed E-state index contributed by atoms with van der Waals surface area (Å²) in [7, 11) is 0. The molecule has 0 aliphatic rings. The summed E-state index contributed by atoms with van der Waals surface area (Å²) in [6, 6.07) is 0. The molecule has 0 fully saturated rings. The zero-order valence-corrected chi connectivity index (χ0v) is 5.05. The average molecular weight is 113 g/mol. The van der Waals surface area contributed by atoms with Gasteiger partial charge in [0.1, 0.15) is 0 Å². The van der Waals surface area contributed by atoms with Crippen LogP contribution in [0.15, 0.2) is 12.2 Å². The number of nitrogens with two attached hydrogens (primary N) is 1. The fourth-order valence-electron chi connectivity index (χ4n) is 0.366. The normalized spacial score (nSPS) is 10.1. The summed E-state index contributed by atoms with van der Waals surface area (Å²) in [5, 5.41) is 0. The molecule has 0 saturated carbocycles. The maximum atomic E-state index is 10.0. The lowest BCUT2D eigenvalue weighted by atomic mass is 10.3.